The summed E-state index contributed by atoms with van der Waals surface area (Å²) < 4.78 is 0.718. The van der Waals surface area contributed by atoms with Gasteiger partial charge in [0.05, 0.1) is 21.4 Å². The van der Waals surface area contributed by atoms with Crippen molar-refractivity contribution >= 4 is 79.3 Å². The fourth-order valence-electron chi connectivity index (χ4n) is 1.60. The van der Waals surface area contributed by atoms with Crippen molar-refractivity contribution in [3.05, 3.63) is 55.4 Å². The molecule has 20 heavy (non-hydrogen) atoms. The zero-order valence-electron chi connectivity index (χ0n) is 9.88. The van der Waals surface area contributed by atoms with Crippen LogP contribution in [0.3, 0.4) is 0 Å². The van der Waals surface area contributed by atoms with E-state index in [1.165, 1.54) is 0 Å². The molecule has 0 unspecified atom stereocenters. The van der Waals surface area contributed by atoms with Gasteiger partial charge < -0.3 is 11.1 Å². The number of nitrogens with one attached hydrogen (secondary N) is 1. The van der Waals surface area contributed by atoms with Crippen LogP contribution in [-0.2, 0) is 0 Å². The van der Waals surface area contributed by atoms with Crippen LogP contribution in [0.5, 0.6) is 0 Å². The average molecular weight is 411 g/mol. The van der Waals surface area contributed by atoms with Gasteiger partial charge in [0.1, 0.15) is 4.99 Å². The van der Waals surface area contributed by atoms with E-state index >= 15 is 0 Å². The van der Waals surface area contributed by atoms with Gasteiger partial charge in [0.25, 0.3) is 0 Å². The maximum absolute atomic E-state index is 6.20. The number of hydrogen-bond donors (Lipinski definition) is 2. The van der Waals surface area contributed by atoms with E-state index in [4.69, 9.17) is 52.8 Å². The van der Waals surface area contributed by atoms with Crippen molar-refractivity contribution in [2.45, 2.75) is 0 Å². The van der Waals surface area contributed by atoms with Crippen LogP contribution in [0.15, 0.2) is 34.8 Å². The molecule has 0 bridgehead atoms. The lowest BCUT2D eigenvalue weighted by atomic mass is 10.1. The van der Waals surface area contributed by atoms with E-state index in [2.05, 4.69) is 21.2 Å². The highest BCUT2D eigenvalue weighted by atomic mass is 79.9. The summed E-state index contributed by atoms with van der Waals surface area (Å²) in [7, 11) is 0. The summed E-state index contributed by atoms with van der Waals surface area (Å²) in [6.07, 6.45) is 0. The van der Waals surface area contributed by atoms with Crippen LogP contribution in [0.2, 0.25) is 15.1 Å². The fraction of sp³-hybridized carbons (Fsp3) is 0. The number of nitrogens with two attached hydrogens (primary N) is 1. The van der Waals surface area contributed by atoms with Gasteiger partial charge in [-0.3, -0.25) is 0 Å². The molecule has 0 aliphatic rings. The van der Waals surface area contributed by atoms with Crippen LogP contribution in [0.25, 0.3) is 0 Å². The van der Waals surface area contributed by atoms with Crippen molar-refractivity contribution in [3.63, 3.8) is 0 Å². The minimum Gasteiger partial charge on any atom is -0.389 e. The Morgan fingerprint density at radius 3 is 2.40 bits per heavy atom. The molecule has 0 radical (unpaired) electrons. The maximum Gasteiger partial charge on any atom is 0.106 e. The normalized spacial score (nSPS) is 10.4. The zero-order chi connectivity index (χ0) is 14.9. The number of benzene rings is 2. The van der Waals surface area contributed by atoms with Crippen molar-refractivity contribution < 1.29 is 0 Å². The van der Waals surface area contributed by atoms with E-state index < -0.39 is 0 Å². The average Bonchev–Trinajstić information content (AvgIpc) is 2.39. The summed E-state index contributed by atoms with van der Waals surface area (Å²) in [5.41, 5.74) is 7.68. The second-order valence-electron chi connectivity index (χ2n) is 3.90. The van der Waals surface area contributed by atoms with E-state index in [0.29, 0.717) is 32.0 Å². The zero-order valence-corrected chi connectivity index (χ0v) is 14.6. The Morgan fingerprint density at radius 1 is 1.05 bits per heavy atom. The summed E-state index contributed by atoms with van der Waals surface area (Å²) in [6.45, 7) is 0. The van der Waals surface area contributed by atoms with E-state index in [-0.39, 0.29) is 4.99 Å². The first kappa shape index (κ1) is 15.9. The van der Waals surface area contributed by atoms with E-state index in [0.717, 1.165) is 4.47 Å². The Morgan fingerprint density at radius 2 is 1.75 bits per heavy atom. The van der Waals surface area contributed by atoms with Gasteiger partial charge in [-0.15, -0.1) is 0 Å². The number of rotatable bonds is 3. The topological polar surface area (TPSA) is 38.0 Å². The molecule has 0 saturated carbocycles. The lowest BCUT2D eigenvalue weighted by Gasteiger charge is -2.14. The van der Waals surface area contributed by atoms with Crippen molar-refractivity contribution in [3.8, 4) is 0 Å². The molecule has 2 nitrogen and oxygen atoms in total. The molecule has 0 spiro atoms. The molecule has 2 aromatic carbocycles. The summed E-state index contributed by atoms with van der Waals surface area (Å²) in [5.74, 6) is 0. The summed E-state index contributed by atoms with van der Waals surface area (Å²) in [5, 5.41) is 4.53. The minimum absolute atomic E-state index is 0.267. The van der Waals surface area contributed by atoms with Crippen LogP contribution in [0, 0.1) is 0 Å². The van der Waals surface area contributed by atoms with Gasteiger partial charge in [-0.1, -0.05) is 47.0 Å². The van der Waals surface area contributed by atoms with Gasteiger partial charge in [0.15, 0.2) is 0 Å². The number of hydrogen-bond acceptors (Lipinski definition) is 2. The molecule has 0 aliphatic carbocycles. The fourth-order valence-corrected chi connectivity index (χ4v) is 2.77. The molecule has 0 heterocycles. The molecule has 0 saturated heterocycles. The van der Waals surface area contributed by atoms with Crippen molar-refractivity contribution in [2.75, 3.05) is 5.32 Å². The second kappa shape index (κ2) is 6.50. The lowest BCUT2D eigenvalue weighted by Crippen LogP contribution is -2.12. The molecule has 0 amide bonds. The van der Waals surface area contributed by atoms with Crippen LogP contribution in [0.4, 0.5) is 11.4 Å². The highest BCUT2D eigenvalue weighted by molar-refractivity contribution is 9.10. The number of halogens is 4. The van der Waals surface area contributed by atoms with Gasteiger partial charge in [0, 0.05) is 15.1 Å². The smallest absolute Gasteiger partial charge is 0.106 e. The molecule has 0 atom stereocenters. The highest BCUT2D eigenvalue weighted by Crippen LogP contribution is 2.37. The first-order valence-corrected chi connectivity index (χ1v) is 7.73. The molecular formula is C13H8BrCl3N2S. The monoisotopic (exact) mass is 408 g/mol. The third-order valence-electron chi connectivity index (χ3n) is 2.55. The molecule has 2 aromatic rings. The third kappa shape index (κ3) is 3.38. The van der Waals surface area contributed by atoms with Crippen LogP contribution < -0.4 is 11.1 Å². The maximum atomic E-state index is 6.20. The van der Waals surface area contributed by atoms with Crippen LogP contribution >= 0.6 is 63.0 Å². The highest BCUT2D eigenvalue weighted by Gasteiger charge is 2.11. The van der Waals surface area contributed by atoms with Gasteiger partial charge in [-0.05, 0) is 46.3 Å². The van der Waals surface area contributed by atoms with Gasteiger partial charge >= 0.3 is 0 Å². The summed E-state index contributed by atoms with van der Waals surface area (Å²) in [6, 6.07) is 8.78. The Hall–Kier alpha value is -0.520. The molecule has 104 valence electrons. The molecule has 3 N–H and O–H groups in total. The predicted octanol–water partition coefficient (Wildman–Crippen LogP) is 5.79. The minimum atomic E-state index is 0.267. The number of thiocarbonyl (C=S) groups is 1. The summed E-state index contributed by atoms with van der Waals surface area (Å²) >= 11 is 26.6. The SMILES string of the molecule is NC(=S)c1ccc(Cl)cc1Nc1ccc(Br)c(Cl)c1Cl. The van der Waals surface area contributed by atoms with Crippen LogP contribution in [-0.4, -0.2) is 4.99 Å². The standard InChI is InChI=1S/C13H8BrCl3N2S/c14-8-3-4-9(12(17)11(8)16)19-10-5-6(15)1-2-7(10)13(18)20/h1-5,19H,(H2,18,20). The Kier molecular flexibility index (Phi) is 5.15. The van der Waals surface area contributed by atoms with E-state index in [1.54, 1.807) is 30.3 Å². The second-order valence-corrected chi connectivity index (χ2v) is 6.39. The predicted molar refractivity (Wildman–Crippen MR) is 94.8 cm³/mol. The van der Waals surface area contributed by atoms with E-state index in [9.17, 15) is 0 Å². The molecule has 0 aliphatic heterocycles. The first-order chi connectivity index (χ1) is 9.40. The van der Waals surface area contributed by atoms with Gasteiger partial charge in [0.2, 0.25) is 0 Å². The first-order valence-electron chi connectivity index (χ1n) is 5.40. The van der Waals surface area contributed by atoms with Gasteiger partial charge in [-0.25, -0.2) is 0 Å². The van der Waals surface area contributed by atoms with Crippen molar-refractivity contribution in [1.82, 2.24) is 0 Å². The third-order valence-corrected chi connectivity index (χ3v) is 4.78. The Balaban J connectivity index is 2.47. The lowest BCUT2D eigenvalue weighted by molar-refractivity contribution is 1.51. The summed E-state index contributed by atoms with van der Waals surface area (Å²) in [4.78, 5) is 0.267. The van der Waals surface area contributed by atoms with Crippen molar-refractivity contribution in [2.24, 2.45) is 5.73 Å². The molecular weight excluding hydrogens is 402 g/mol. The van der Waals surface area contributed by atoms with Gasteiger partial charge in [-0.2, -0.15) is 0 Å². The number of anilines is 2. The largest absolute Gasteiger partial charge is 0.389 e. The van der Waals surface area contributed by atoms with E-state index in [1.807, 2.05) is 0 Å². The molecule has 7 heteroatoms. The molecule has 0 aromatic heterocycles. The Labute approximate surface area is 145 Å². The van der Waals surface area contributed by atoms with Crippen LogP contribution in [0.1, 0.15) is 5.56 Å². The Bertz CT molecular complexity index is 692. The molecule has 0 fully saturated rings. The molecule has 2 rings (SSSR count). The van der Waals surface area contributed by atoms with Crippen molar-refractivity contribution in [1.29, 1.82) is 0 Å². The quantitative estimate of drug-likeness (QED) is 0.497.